The minimum Gasteiger partial charge on any atom is -0.406 e. The highest BCUT2D eigenvalue weighted by Gasteiger charge is 1.59. The fourth-order valence-corrected chi connectivity index (χ4v) is 0. The maximum absolute atomic E-state index is 4.83. The van der Waals surface area contributed by atoms with Crippen LogP contribution >= 0.6 is 0 Å². The summed E-state index contributed by atoms with van der Waals surface area (Å²) in [6.45, 7) is 0. The van der Waals surface area contributed by atoms with Crippen molar-refractivity contribution >= 4 is 9.92 Å². The SMILES string of the molecule is CO[Si]N. The first-order valence-corrected chi connectivity index (χ1v) is 1.89. The molecule has 0 aliphatic carbocycles. The summed E-state index contributed by atoms with van der Waals surface area (Å²) in [4.78, 5) is 0. The predicted molar refractivity (Wildman–Crippen MR) is 17.0 cm³/mol. The molecule has 3 heteroatoms. The van der Waals surface area contributed by atoms with Crippen LogP contribution in [-0.2, 0) is 4.43 Å². The topological polar surface area (TPSA) is 35.2 Å². The molecule has 4 heavy (non-hydrogen) atoms. The Morgan fingerprint density at radius 1 is 2.00 bits per heavy atom. The average molecular weight is 75.1 g/mol. The van der Waals surface area contributed by atoms with Gasteiger partial charge < -0.3 is 9.83 Å². The van der Waals surface area contributed by atoms with E-state index in [-0.39, 0.29) is 9.92 Å². The molecule has 0 atom stereocenters. The van der Waals surface area contributed by atoms with Crippen molar-refractivity contribution in [2.45, 2.75) is 0 Å². The van der Waals surface area contributed by atoms with Gasteiger partial charge in [-0.2, -0.15) is 0 Å². The lowest BCUT2D eigenvalue weighted by Gasteiger charge is -1.72. The summed E-state index contributed by atoms with van der Waals surface area (Å²) in [6, 6.07) is 0. The third-order valence-corrected chi connectivity index (χ3v) is 0.354. The highest BCUT2D eigenvalue weighted by molar-refractivity contribution is 6.21. The molecule has 0 aliphatic heterocycles. The molecular formula is CH5NOSi. The molecule has 0 spiro atoms. The Bertz CT molecular complexity index is 10.0. The lowest BCUT2D eigenvalue weighted by molar-refractivity contribution is 0.443. The van der Waals surface area contributed by atoms with Gasteiger partial charge in [-0.25, -0.2) is 0 Å². The fraction of sp³-hybridized carbons (Fsp3) is 1.00. The smallest absolute Gasteiger partial charge is 0.334 e. The summed E-state index contributed by atoms with van der Waals surface area (Å²) < 4.78 is 4.35. The zero-order valence-corrected chi connectivity index (χ0v) is 3.49. The van der Waals surface area contributed by atoms with Crippen molar-refractivity contribution in [3.8, 4) is 0 Å². The molecule has 0 aromatic rings. The molecule has 0 fully saturated rings. The molecule has 0 heterocycles. The highest BCUT2D eigenvalue weighted by Crippen LogP contribution is 1.35. The average Bonchev–Trinajstić information content (AvgIpc) is 1.37. The van der Waals surface area contributed by atoms with E-state index in [0.717, 1.165) is 0 Å². The van der Waals surface area contributed by atoms with Crippen LogP contribution < -0.4 is 5.40 Å². The van der Waals surface area contributed by atoms with E-state index in [1.54, 1.807) is 7.11 Å². The van der Waals surface area contributed by atoms with Crippen LogP contribution in [0.15, 0.2) is 0 Å². The zero-order chi connectivity index (χ0) is 3.41. The van der Waals surface area contributed by atoms with E-state index >= 15 is 0 Å². The summed E-state index contributed by atoms with van der Waals surface area (Å²) in [5, 5.41) is 4.83. The van der Waals surface area contributed by atoms with E-state index in [2.05, 4.69) is 4.43 Å². The summed E-state index contributed by atoms with van der Waals surface area (Å²) >= 11 is 0. The van der Waals surface area contributed by atoms with Crippen molar-refractivity contribution in [2.75, 3.05) is 7.11 Å². The van der Waals surface area contributed by atoms with Crippen molar-refractivity contribution < 1.29 is 4.43 Å². The standard InChI is InChI=1S/CH5NOSi/c1-3-4-2/h2H2,1H3. The van der Waals surface area contributed by atoms with Gasteiger partial charge in [-0.05, 0) is 0 Å². The molecular weight excluding hydrogens is 70.1 g/mol. The molecule has 0 aromatic carbocycles. The van der Waals surface area contributed by atoms with Gasteiger partial charge in [0.2, 0.25) is 0 Å². The van der Waals surface area contributed by atoms with E-state index in [4.69, 9.17) is 5.40 Å². The molecule has 2 radical (unpaired) electrons. The van der Waals surface area contributed by atoms with Crippen LogP contribution in [0.4, 0.5) is 0 Å². The summed E-state index contributed by atoms with van der Waals surface area (Å²) in [6.07, 6.45) is 0. The molecule has 0 bridgehead atoms. The van der Waals surface area contributed by atoms with Crippen molar-refractivity contribution in [3.63, 3.8) is 0 Å². The molecule has 2 N–H and O–H groups in total. The maximum Gasteiger partial charge on any atom is 0.334 e. The van der Waals surface area contributed by atoms with Gasteiger partial charge in [0.1, 0.15) is 0 Å². The van der Waals surface area contributed by atoms with Gasteiger partial charge in [0.25, 0.3) is 0 Å². The van der Waals surface area contributed by atoms with Gasteiger partial charge in [-0.3, -0.25) is 0 Å². The summed E-state index contributed by atoms with van der Waals surface area (Å²) in [5.41, 5.74) is 0. The molecule has 0 saturated carbocycles. The first kappa shape index (κ1) is 4.14. The van der Waals surface area contributed by atoms with Crippen molar-refractivity contribution in [3.05, 3.63) is 0 Å². The Kier molecular flexibility index (Phi) is 3.24. The van der Waals surface area contributed by atoms with Crippen LogP contribution in [0.1, 0.15) is 0 Å². The molecule has 0 saturated heterocycles. The molecule has 0 unspecified atom stereocenters. The van der Waals surface area contributed by atoms with Crippen LogP contribution in [0.2, 0.25) is 0 Å². The largest absolute Gasteiger partial charge is 0.406 e. The summed E-state index contributed by atoms with van der Waals surface area (Å²) in [5.74, 6) is 0. The molecule has 0 amide bonds. The van der Waals surface area contributed by atoms with E-state index < -0.39 is 0 Å². The Balaban J connectivity index is 1.97. The molecule has 0 aliphatic rings. The molecule has 2 nitrogen and oxygen atoms in total. The second-order valence-electron chi connectivity index (χ2n) is 0.322. The van der Waals surface area contributed by atoms with Crippen LogP contribution in [0.5, 0.6) is 0 Å². The van der Waals surface area contributed by atoms with Crippen LogP contribution in [0, 0.1) is 0 Å². The first-order chi connectivity index (χ1) is 1.91. The molecule has 0 rings (SSSR count). The Morgan fingerprint density at radius 2 is 2.25 bits per heavy atom. The first-order valence-electron chi connectivity index (χ1n) is 0.901. The Labute approximate surface area is 28.0 Å². The van der Waals surface area contributed by atoms with Crippen molar-refractivity contribution in [1.82, 2.24) is 0 Å². The quantitative estimate of drug-likeness (QED) is 0.411. The van der Waals surface area contributed by atoms with Gasteiger partial charge in [-0.15, -0.1) is 0 Å². The normalized spacial score (nSPS) is 7.50. The van der Waals surface area contributed by atoms with Crippen LogP contribution in [-0.4, -0.2) is 17.0 Å². The predicted octanol–water partition coefficient (Wildman–Crippen LogP) is -0.874. The number of hydrogen-bond acceptors (Lipinski definition) is 2. The second-order valence-corrected chi connectivity index (χ2v) is 0.966. The van der Waals surface area contributed by atoms with Crippen molar-refractivity contribution in [1.29, 1.82) is 0 Å². The monoisotopic (exact) mass is 75.0 g/mol. The Morgan fingerprint density at radius 3 is 2.25 bits per heavy atom. The second kappa shape index (κ2) is 3.14. The number of rotatable bonds is 1. The van der Waals surface area contributed by atoms with Gasteiger partial charge in [0.15, 0.2) is 0 Å². The van der Waals surface area contributed by atoms with E-state index in [1.165, 1.54) is 0 Å². The molecule has 24 valence electrons. The Hall–Kier alpha value is 0.137. The van der Waals surface area contributed by atoms with Gasteiger partial charge in [-0.1, -0.05) is 0 Å². The van der Waals surface area contributed by atoms with E-state index in [1.807, 2.05) is 0 Å². The third-order valence-electron chi connectivity index (χ3n) is 0.118. The van der Waals surface area contributed by atoms with Gasteiger partial charge in [0, 0.05) is 7.11 Å². The maximum atomic E-state index is 4.83. The minimum absolute atomic E-state index is 0.140. The lowest BCUT2D eigenvalue weighted by atomic mass is 11.8. The number of nitrogens with two attached hydrogens (primary N) is 1. The number of hydrogen-bond donors (Lipinski definition) is 1. The van der Waals surface area contributed by atoms with Crippen molar-refractivity contribution in [2.24, 2.45) is 5.40 Å². The molecule has 0 aromatic heterocycles. The lowest BCUT2D eigenvalue weighted by Crippen LogP contribution is -2.05. The van der Waals surface area contributed by atoms with Gasteiger partial charge >= 0.3 is 9.92 Å². The fourth-order valence-electron chi connectivity index (χ4n) is 0. The van der Waals surface area contributed by atoms with Crippen LogP contribution in [0.3, 0.4) is 0 Å². The zero-order valence-electron chi connectivity index (χ0n) is 2.49. The van der Waals surface area contributed by atoms with Gasteiger partial charge in [0.05, 0.1) is 0 Å². The third kappa shape index (κ3) is 2.14. The summed E-state index contributed by atoms with van der Waals surface area (Å²) in [7, 11) is 1.71. The minimum atomic E-state index is 0.140. The highest BCUT2D eigenvalue weighted by atomic mass is 28.2. The van der Waals surface area contributed by atoms with E-state index in [0.29, 0.717) is 0 Å². The van der Waals surface area contributed by atoms with Crippen LogP contribution in [0.25, 0.3) is 0 Å². The van der Waals surface area contributed by atoms with E-state index in [9.17, 15) is 0 Å².